The lowest BCUT2D eigenvalue weighted by Gasteiger charge is -2.12. The average Bonchev–Trinajstić information content (AvgIpc) is 3.41. The van der Waals surface area contributed by atoms with Gasteiger partial charge in [0, 0.05) is 122 Å². The van der Waals surface area contributed by atoms with Crippen LogP contribution in [0, 0.1) is 0 Å². The second-order valence-corrected chi connectivity index (χ2v) is 19.2. The molecule has 12 nitrogen and oxygen atoms in total. The predicted octanol–water partition coefficient (Wildman–Crippen LogP) is 13.4. The summed E-state index contributed by atoms with van der Waals surface area (Å²) in [7, 11) is 14.5. The first-order chi connectivity index (χ1) is 35.6. The van der Waals surface area contributed by atoms with Crippen molar-refractivity contribution in [1.29, 1.82) is 0 Å². The fraction of sp³-hybridized carbons (Fsp3) is 0.381. The van der Waals surface area contributed by atoms with Gasteiger partial charge >= 0.3 is 0 Å². The van der Waals surface area contributed by atoms with E-state index in [-0.39, 0.29) is 16.6 Å². The molecule has 0 N–H and O–H groups in total. The molecule has 0 bridgehead atoms. The summed E-state index contributed by atoms with van der Waals surface area (Å²) >= 11 is 0. The standard InChI is InChI=1S/3C12H16O3.3C9H14N/c1-5-6-10-11(14-3)7-9(13-2)8-12(10)15-4;1-5-6-9-7-11(14-3)12(15-4)8-10(9)13-2;1-5-6-9-7-10(13-2)12(15-4)11(8-9)14-3;3*1-9(2,3)10-7-5-4-6-8-10/h3*5-8H,1-4H3;3*4-8H,1-3H3/q;;;3*+1/b3*6-5+;;;. The van der Waals surface area contributed by atoms with Gasteiger partial charge in [0.25, 0.3) is 0 Å². The topological polar surface area (TPSA) is 94.7 Å². The third-order valence-electron chi connectivity index (χ3n) is 10.7. The van der Waals surface area contributed by atoms with Crippen molar-refractivity contribution in [3.05, 3.63) is 163 Å². The molecule has 0 amide bonds. The molecule has 0 aliphatic carbocycles. The highest BCUT2D eigenvalue weighted by atomic mass is 16.5. The number of hydrogen-bond donors (Lipinski definition) is 0. The molecule has 6 aromatic rings. The van der Waals surface area contributed by atoms with Crippen LogP contribution in [0.5, 0.6) is 51.7 Å². The lowest BCUT2D eigenvalue weighted by Crippen LogP contribution is -2.49. The van der Waals surface area contributed by atoms with Crippen LogP contribution in [-0.4, -0.2) is 64.0 Å². The lowest BCUT2D eigenvalue weighted by atomic mass is 10.1. The maximum Gasteiger partial charge on any atom is 0.203 e. The van der Waals surface area contributed by atoms with Crippen molar-refractivity contribution in [3.8, 4) is 51.7 Å². The van der Waals surface area contributed by atoms with Gasteiger partial charge < -0.3 is 42.6 Å². The number of benzene rings is 3. The fourth-order valence-corrected chi connectivity index (χ4v) is 6.65. The molecular formula is C63H90N3O9+3. The average molecular weight is 1030 g/mol. The van der Waals surface area contributed by atoms with E-state index in [1.165, 1.54) is 0 Å². The fourth-order valence-electron chi connectivity index (χ4n) is 6.65. The molecule has 12 heteroatoms. The molecule has 0 spiro atoms. The molecule has 75 heavy (non-hydrogen) atoms. The number of aromatic nitrogens is 3. The van der Waals surface area contributed by atoms with Crippen LogP contribution in [0.1, 0.15) is 99.8 Å². The molecule has 6 rings (SSSR count). The third-order valence-corrected chi connectivity index (χ3v) is 10.7. The largest absolute Gasteiger partial charge is 0.496 e. The smallest absolute Gasteiger partial charge is 0.203 e. The quantitative estimate of drug-likeness (QED) is 0.111. The highest BCUT2D eigenvalue weighted by Gasteiger charge is 2.21. The molecule has 0 aliphatic rings. The Labute approximate surface area is 451 Å². The first kappa shape index (κ1) is 65.5. The second kappa shape index (κ2) is 34.1. The summed E-state index contributed by atoms with van der Waals surface area (Å²) < 4.78 is 53.6. The van der Waals surface area contributed by atoms with Crippen molar-refractivity contribution < 1.29 is 56.3 Å². The summed E-state index contributed by atoms with van der Waals surface area (Å²) in [4.78, 5) is 0. The van der Waals surface area contributed by atoms with Gasteiger partial charge in [-0.2, -0.15) is 0 Å². The highest BCUT2D eigenvalue weighted by molar-refractivity contribution is 5.67. The van der Waals surface area contributed by atoms with Crippen LogP contribution >= 0.6 is 0 Å². The van der Waals surface area contributed by atoms with Crippen molar-refractivity contribution in [1.82, 2.24) is 0 Å². The van der Waals surface area contributed by atoms with Gasteiger partial charge in [0.1, 0.15) is 23.0 Å². The molecule has 408 valence electrons. The van der Waals surface area contributed by atoms with Gasteiger partial charge in [-0.15, -0.1) is 0 Å². The Bertz CT molecular complexity index is 2430. The minimum atomic E-state index is 0.210. The zero-order chi connectivity index (χ0) is 56.6. The van der Waals surface area contributed by atoms with Crippen molar-refractivity contribution in [3.63, 3.8) is 0 Å². The Hall–Kier alpha value is -7.47. The van der Waals surface area contributed by atoms with Crippen molar-refractivity contribution in [2.24, 2.45) is 0 Å². The molecule has 0 saturated carbocycles. The molecule has 3 aromatic heterocycles. The van der Waals surface area contributed by atoms with Crippen LogP contribution in [0.2, 0.25) is 0 Å². The lowest BCUT2D eigenvalue weighted by molar-refractivity contribution is -0.754. The Balaban J connectivity index is 0.000000454. The molecule has 0 fully saturated rings. The van der Waals surface area contributed by atoms with E-state index in [4.69, 9.17) is 42.6 Å². The maximum absolute atomic E-state index is 5.27. The highest BCUT2D eigenvalue weighted by Crippen LogP contribution is 2.39. The number of hydrogen-bond acceptors (Lipinski definition) is 9. The van der Waals surface area contributed by atoms with Crippen molar-refractivity contribution in [2.45, 2.75) is 99.7 Å². The molecule has 0 atom stereocenters. The molecule has 0 aliphatic heterocycles. The zero-order valence-electron chi connectivity index (χ0n) is 49.1. The summed E-state index contributed by atoms with van der Waals surface area (Å²) in [6.07, 6.45) is 24.2. The molecule has 3 aromatic carbocycles. The third kappa shape index (κ3) is 23.1. The van der Waals surface area contributed by atoms with Crippen LogP contribution in [-0.2, 0) is 16.6 Å². The van der Waals surface area contributed by atoms with Crippen LogP contribution in [0.25, 0.3) is 18.2 Å². The molecular weight excluding hydrogens is 943 g/mol. The van der Waals surface area contributed by atoms with E-state index < -0.39 is 0 Å². The van der Waals surface area contributed by atoms with Crippen LogP contribution in [0.3, 0.4) is 0 Å². The van der Waals surface area contributed by atoms with Gasteiger partial charge in [0.15, 0.2) is 76.8 Å². The maximum atomic E-state index is 5.27. The molecule has 3 heterocycles. The number of allylic oxidation sites excluding steroid dienone is 3. The second-order valence-electron chi connectivity index (χ2n) is 19.2. The Morgan fingerprint density at radius 2 is 0.653 bits per heavy atom. The van der Waals surface area contributed by atoms with Gasteiger partial charge in [-0.25, -0.2) is 13.7 Å². The summed E-state index contributed by atoms with van der Waals surface area (Å²) in [5.74, 6) is 6.30. The molecule has 0 saturated heterocycles. The number of methoxy groups -OCH3 is 9. The number of nitrogens with zero attached hydrogens (tertiary/aromatic N) is 3. The van der Waals surface area contributed by atoms with Crippen LogP contribution in [0.4, 0.5) is 0 Å². The van der Waals surface area contributed by atoms with Gasteiger partial charge in [0.2, 0.25) is 5.75 Å². The van der Waals surface area contributed by atoms with E-state index in [2.05, 4.69) is 113 Å². The summed E-state index contributed by atoms with van der Waals surface area (Å²) in [6, 6.07) is 29.5. The van der Waals surface area contributed by atoms with Gasteiger partial charge in [-0.05, 0) is 44.5 Å². The SMILES string of the molecule is C/C=C/c1c(OC)cc(OC)cc1OC.C/C=C/c1cc(OC)c(OC)c(OC)c1.C/C=C/c1cc(OC)c(OC)cc1OC.CC(C)(C)[n+]1ccccc1.CC(C)(C)[n+]1ccccc1.CC(C)(C)[n+]1ccccc1. The number of rotatable bonds is 12. The Morgan fingerprint density at radius 1 is 0.320 bits per heavy atom. The Morgan fingerprint density at radius 3 is 0.920 bits per heavy atom. The first-order valence-corrected chi connectivity index (χ1v) is 24.8. The zero-order valence-corrected chi connectivity index (χ0v) is 49.1. The monoisotopic (exact) mass is 1030 g/mol. The van der Waals surface area contributed by atoms with Gasteiger partial charge in [0.05, 0.1) is 69.6 Å². The predicted molar refractivity (Wildman–Crippen MR) is 307 cm³/mol. The van der Waals surface area contributed by atoms with Crippen molar-refractivity contribution in [2.75, 3.05) is 64.0 Å². The van der Waals surface area contributed by atoms with Crippen LogP contribution in [0.15, 0.2) is 146 Å². The minimum absolute atomic E-state index is 0.210. The van der Waals surface area contributed by atoms with E-state index in [1.807, 2.05) is 148 Å². The first-order valence-electron chi connectivity index (χ1n) is 24.8. The van der Waals surface area contributed by atoms with E-state index in [0.717, 1.165) is 39.7 Å². The molecule has 0 radical (unpaired) electrons. The normalized spacial score (nSPS) is 10.8. The number of ether oxygens (including phenoxy) is 9. The number of pyridine rings is 3. The van der Waals surface area contributed by atoms with Crippen LogP contribution < -0.4 is 56.3 Å². The van der Waals surface area contributed by atoms with E-state index in [9.17, 15) is 0 Å². The van der Waals surface area contributed by atoms with E-state index >= 15 is 0 Å². The van der Waals surface area contributed by atoms with E-state index in [1.54, 1.807) is 64.0 Å². The van der Waals surface area contributed by atoms with Gasteiger partial charge in [-0.3, -0.25) is 0 Å². The van der Waals surface area contributed by atoms with E-state index in [0.29, 0.717) is 28.7 Å². The summed E-state index contributed by atoms with van der Waals surface area (Å²) in [5.41, 5.74) is 3.54. The molecule has 0 unspecified atom stereocenters. The Kier molecular flexibility index (Phi) is 29.8. The van der Waals surface area contributed by atoms with Crippen molar-refractivity contribution >= 4 is 18.2 Å². The van der Waals surface area contributed by atoms with Gasteiger partial charge in [-0.1, -0.05) is 54.7 Å². The summed E-state index contributed by atoms with van der Waals surface area (Å²) in [5, 5.41) is 0. The minimum Gasteiger partial charge on any atom is -0.496 e. The summed E-state index contributed by atoms with van der Waals surface area (Å²) in [6.45, 7) is 25.6.